The van der Waals surface area contributed by atoms with Gasteiger partial charge >= 0.3 is 0 Å². The highest BCUT2D eigenvalue weighted by Crippen LogP contribution is 2.31. The number of rotatable bonds is 8. The van der Waals surface area contributed by atoms with Gasteiger partial charge in [0, 0.05) is 13.2 Å². The molecule has 0 aliphatic carbocycles. The second kappa shape index (κ2) is 8.50. The third-order valence-electron chi connectivity index (χ3n) is 3.60. The maximum Gasteiger partial charge on any atom is 0.233 e. The van der Waals surface area contributed by atoms with E-state index >= 15 is 0 Å². The van der Waals surface area contributed by atoms with Crippen LogP contribution >= 0.6 is 23.1 Å². The second-order valence-corrected chi connectivity index (χ2v) is 7.86. The van der Waals surface area contributed by atoms with Crippen LogP contribution in [0.15, 0.2) is 28.6 Å². The van der Waals surface area contributed by atoms with E-state index in [1.165, 1.54) is 11.8 Å². The first-order valence-corrected chi connectivity index (χ1v) is 9.24. The van der Waals surface area contributed by atoms with Crippen LogP contribution in [0.1, 0.15) is 26.7 Å². The minimum absolute atomic E-state index is 0.0284. The van der Waals surface area contributed by atoms with Crippen LogP contribution in [-0.2, 0) is 4.79 Å². The van der Waals surface area contributed by atoms with Crippen LogP contribution in [0.5, 0.6) is 0 Å². The van der Waals surface area contributed by atoms with Gasteiger partial charge in [0.25, 0.3) is 0 Å². The molecule has 0 spiro atoms. The molecule has 1 heterocycles. The van der Waals surface area contributed by atoms with Crippen molar-refractivity contribution in [2.45, 2.75) is 36.3 Å². The van der Waals surface area contributed by atoms with Crippen molar-refractivity contribution >= 4 is 39.2 Å². The summed E-state index contributed by atoms with van der Waals surface area (Å²) in [5.41, 5.74) is 0.983. The normalized spacial score (nSPS) is 14.0. The van der Waals surface area contributed by atoms with Gasteiger partial charge in [-0.1, -0.05) is 37.2 Å². The molecule has 6 heteroatoms. The van der Waals surface area contributed by atoms with Crippen LogP contribution in [-0.4, -0.2) is 34.4 Å². The molecule has 0 aliphatic rings. The number of aromatic nitrogens is 1. The van der Waals surface area contributed by atoms with Crippen molar-refractivity contribution in [3.8, 4) is 0 Å². The lowest BCUT2D eigenvalue weighted by Crippen LogP contribution is -2.34. The first-order valence-electron chi connectivity index (χ1n) is 7.54. The zero-order valence-electron chi connectivity index (χ0n) is 12.9. The Hall–Kier alpha value is -1.11. The molecule has 120 valence electrons. The maximum atomic E-state index is 12.2. The average Bonchev–Trinajstić information content (AvgIpc) is 2.93. The number of para-hydroxylation sites is 1. The van der Waals surface area contributed by atoms with Gasteiger partial charge in [0.05, 0.1) is 15.5 Å². The van der Waals surface area contributed by atoms with Crippen molar-refractivity contribution in [1.82, 2.24) is 10.3 Å². The van der Waals surface area contributed by atoms with Gasteiger partial charge < -0.3 is 10.4 Å². The summed E-state index contributed by atoms with van der Waals surface area (Å²) in [7, 11) is 0. The first kappa shape index (κ1) is 17.2. The van der Waals surface area contributed by atoms with Gasteiger partial charge in [0.2, 0.25) is 5.91 Å². The summed E-state index contributed by atoms with van der Waals surface area (Å²) >= 11 is 3.11. The zero-order chi connectivity index (χ0) is 15.9. The van der Waals surface area contributed by atoms with E-state index in [9.17, 15) is 4.79 Å². The highest BCUT2D eigenvalue weighted by Gasteiger charge is 2.17. The summed E-state index contributed by atoms with van der Waals surface area (Å²) in [5, 5.41) is 11.8. The van der Waals surface area contributed by atoms with Gasteiger partial charge in [-0.25, -0.2) is 4.98 Å². The molecule has 2 unspecified atom stereocenters. The molecule has 1 amide bonds. The van der Waals surface area contributed by atoms with Gasteiger partial charge in [0.1, 0.15) is 0 Å². The number of hydrogen-bond donors (Lipinski definition) is 2. The number of nitrogens with one attached hydrogen (secondary N) is 1. The van der Waals surface area contributed by atoms with E-state index in [2.05, 4.69) is 17.2 Å². The van der Waals surface area contributed by atoms with E-state index in [1.807, 2.05) is 31.2 Å². The highest BCUT2D eigenvalue weighted by molar-refractivity contribution is 8.02. The van der Waals surface area contributed by atoms with Crippen LogP contribution in [0, 0.1) is 5.92 Å². The number of thiazole rings is 1. The fourth-order valence-electron chi connectivity index (χ4n) is 2.13. The topological polar surface area (TPSA) is 62.2 Å². The molecule has 0 saturated heterocycles. The smallest absolute Gasteiger partial charge is 0.233 e. The Kier molecular flexibility index (Phi) is 6.67. The molecule has 1 aromatic heterocycles. The van der Waals surface area contributed by atoms with Crippen LogP contribution in [0.3, 0.4) is 0 Å². The van der Waals surface area contributed by atoms with E-state index in [-0.39, 0.29) is 17.8 Å². The number of thioether (sulfide) groups is 1. The van der Waals surface area contributed by atoms with Crippen molar-refractivity contribution in [3.63, 3.8) is 0 Å². The summed E-state index contributed by atoms with van der Waals surface area (Å²) in [6, 6.07) is 8.00. The molecule has 0 saturated carbocycles. The summed E-state index contributed by atoms with van der Waals surface area (Å²) < 4.78 is 2.07. The Bertz CT molecular complexity index is 582. The molecule has 0 aliphatic heterocycles. The van der Waals surface area contributed by atoms with Gasteiger partial charge in [-0.05, 0) is 31.4 Å². The van der Waals surface area contributed by atoms with Gasteiger partial charge in [-0.15, -0.1) is 11.3 Å². The van der Waals surface area contributed by atoms with Crippen molar-refractivity contribution in [2.24, 2.45) is 5.92 Å². The van der Waals surface area contributed by atoms with Crippen molar-refractivity contribution in [3.05, 3.63) is 24.3 Å². The molecular formula is C16H22N2O2S2. The monoisotopic (exact) mass is 338 g/mol. The third-order valence-corrected chi connectivity index (χ3v) is 5.83. The SMILES string of the molecule is CCC(CCO)CNC(=O)C(C)Sc1nc2ccccc2s1. The number of aliphatic hydroxyl groups excluding tert-OH is 1. The van der Waals surface area contributed by atoms with Crippen molar-refractivity contribution in [1.29, 1.82) is 0 Å². The van der Waals surface area contributed by atoms with E-state index in [1.54, 1.807) is 11.3 Å². The van der Waals surface area contributed by atoms with Crippen molar-refractivity contribution in [2.75, 3.05) is 13.2 Å². The quantitative estimate of drug-likeness (QED) is 0.725. The van der Waals surface area contributed by atoms with Gasteiger partial charge in [0.15, 0.2) is 4.34 Å². The molecule has 22 heavy (non-hydrogen) atoms. The lowest BCUT2D eigenvalue weighted by molar-refractivity contribution is -0.120. The summed E-state index contributed by atoms with van der Waals surface area (Å²) in [4.78, 5) is 16.7. The number of carbonyl (C=O) groups excluding carboxylic acids is 1. The number of amides is 1. The zero-order valence-corrected chi connectivity index (χ0v) is 14.5. The summed E-state index contributed by atoms with van der Waals surface area (Å²) in [6.07, 6.45) is 1.69. The van der Waals surface area contributed by atoms with Crippen LogP contribution in [0.4, 0.5) is 0 Å². The largest absolute Gasteiger partial charge is 0.396 e. The Morgan fingerprint density at radius 3 is 2.91 bits per heavy atom. The summed E-state index contributed by atoms with van der Waals surface area (Å²) in [6.45, 7) is 4.77. The highest BCUT2D eigenvalue weighted by atomic mass is 32.2. The van der Waals surface area contributed by atoms with Gasteiger partial charge in [-0.3, -0.25) is 4.79 Å². The minimum Gasteiger partial charge on any atom is -0.396 e. The predicted octanol–water partition coefficient (Wildman–Crippen LogP) is 3.30. The van der Waals surface area contributed by atoms with E-state index in [0.29, 0.717) is 12.5 Å². The number of hydrogen-bond acceptors (Lipinski definition) is 5. The number of nitrogens with zero attached hydrogens (tertiary/aromatic N) is 1. The Labute approximate surface area is 139 Å². The Balaban J connectivity index is 1.88. The number of carbonyl (C=O) groups is 1. The van der Waals surface area contributed by atoms with Crippen molar-refractivity contribution < 1.29 is 9.90 Å². The molecule has 2 rings (SSSR count). The molecule has 2 N–H and O–H groups in total. The maximum absolute atomic E-state index is 12.2. The predicted molar refractivity (Wildman–Crippen MR) is 93.4 cm³/mol. The molecule has 2 atom stereocenters. The Morgan fingerprint density at radius 1 is 1.45 bits per heavy atom. The lowest BCUT2D eigenvalue weighted by Gasteiger charge is -2.16. The van der Waals surface area contributed by atoms with E-state index < -0.39 is 0 Å². The van der Waals surface area contributed by atoms with E-state index in [0.717, 1.165) is 27.4 Å². The molecular weight excluding hydrogens is 316 g/mol. The molecule has 0 fully saturated rings. The first-order chi connectivity index (χ1) is 10.6. The molecule has 2 aromatic rings. The molecule has 0 radical (unpaired) electrons. The molecule has 1 aromatic carbocycles. The average molecular weight is 338 g/mol. The van der Waals surface area contributed by atoms with Gasteiger partial charge in [-0.2, -0.15) is 0 Å². The second-order valence-electron chi connectivity index (χ2n) is 5.24. The molecule has 0 bridgehead atoms. The van der Waals surface area contributed by atoms with Crippen LogP contribution < -0.4 is 5.32 Å². The summed E-state index contributed by atoms with van der Waals surface area (Å²) in [5.74, 6) is 0.370. The fraction of sp³-hybridized carbons (Fsp3) is 0.500. The third kappa shape index (κ3) is 4.69. The number of benzene rings is 1. The van der Waals surface area contributed by atoms with Crippen LogP contribution in [0.25, 0.3) is 10.2 Å². The number of aliphatic hydroxyl groups is 1. The minimum atomic E-state index is -0.174. The number of fused-ring (bicyclic) bond motifs is 1. The van der Waals surface area contributed by atoms with Crippen LogP contribution in [0.2, 0.25) is 0 Å². The fourth-order valence-corrected chi connectivity index (χ4v) is 4.36. The molecule has 4 nitrogen and oxygen atoms in total. The lowest BCUT2D eigenvalue weighted by atomic mass is 10.0. The Morgan fingerprint density at radius 2 is 2.23 bits per heavy atom. The van der Waals surface area contributed by atoms with E-state index in [4.69, 9.17) is 5.11 Å². The standard InChI is InChI=1S/C16H22N2O2S2/c1-3-12(8-9-19)10-17-15(20)11(2)21-16-18-13-6-4-5-7-14(13)22-16/h4-7,11-12,19H,3,8-10H2,1-2H3,(H,17,20).